The highest BCUT2D eigenvalue weighted by Crippen LogP contribution is 2.32. The molecule has 100 valence electrons. The zero-order valence-corrected chi connectivity index (χ0v) is 10.2. The third-order valence-electron chi connectivity index (χ3n) is 2.62. The van der Waals surface area contributed by atoms with E-state index in [2.05, 4.69) is 4.98 Å². The maximum atomic E-state index is 13.3. The van der Waals surface area contributed by atoms with E-state index in [9.17, 15) is 9.18 Å². The number of rotatable bonds is 5. The molecule has 0 unspecified atom stereocenters. The molecule has 1 aromatic carbocycles. The van der Waals surface area contributed by atoms with Gasteiger partial charge in [0, 0.05) is 12.0 Å². The third-order valence-corrected chi connectivity index (χ3v) is 2.62. The average Bonchev–Trinajstić information content (AvgIpc) is 2.84. The van der Waals surface area contributed by atoms with Crippen molar-refractivity contribution in [3.63, 3.8) is 0 Å². The van der Waals surface area contributed by atoms with Crippen LogP contribution in [0.2, 0.25) is 0 Å². The molecule has 0 bridgehead atoms. The van der Waals surface area contributed by atoms with Crippen LogP contribution in [-0.4, -0.2) is 23.2 Å². The summed E-state index contributed by atoms with van der Waals surface area (Å²) in [7, 11) is 1.47. The monoisotopic (exact) mass is 265 g/mol. The molecule has 2 aromatic rings. The van der Waals surface area contributed by atoms with Gasteiger partial charge < -0.3 is 14.3 Å². The highest BCUT2D eigenvalue weighted by Gasteiger charge is 2.16. The van der Waals surface area contributed by atoms with E-state index in [0.717, 1.165) is 0 Å². The Hall–Kier alpha value is -2.37. The molecule has 6 heteroatoms. The number of benzene rings is 1. The van der Waals surface area contributed by atoms with Gasteiger partial charge in [-0.05, 0) is 18.2 Å². The Kier molecular flexibility index (Phi) is 3.79. The average molecular weight is 265 g/mol. The normalized spacial score (nSPS) is 10.4. The number of oxazole rings is 1. The van der Waals surface area contributed by atoms with Gasteiger partial charge in [-0.1, -0.05) is 0 Å². The molecule has 2 rings (SSSR count). The summed E-state index contributed by atoms with van der Waals surface area (Å²) >= 11 is 0. The Morgan fingerprint density at radius 1 is 1.53 bits per heavy atom. The van der Waals surface area contributed by atoms with Crippen LogP contribution < -0.4 is 4.74 Å². The maximum absolute atomic E-state index is 13.3. The van der Waals surface area contributed by atoms with Crippen LogP contribution in [0.4, 0.5) is 4.39 Å². The minimum absolute atomic E-state index is 0.0835. The van der Waals surface area contributed by atoms with E-state index >= 15 is 0 Å². The second-order valence-electron chi connectivity index (χ2n) is 3.86. The summed E-state index contributed by atoms with van der Waals surface area (Å²) in [6.07, 6.45) is 1.31. The van der Waals surface area contributed by atoms with Crippen LogP contribution in [0, 0.1) is 5.82 Å². The van der Waals surface area contributed by atoms with Crippen molar-refractivity contribution >= 4 is 5.97 Å². The van der Waals surface area contributed by atoms with Crippen molar-refractivity contribution in [1.29, 1.82) is 0 Å². The van der Waals surface area contributed by atoms with E-state index in [4.69, 9.17) is 14.3 Å². The summed E-state index contributed by atoms with van der Waals surface area (Å²) in [6, 6.07) is 4.04. The summed E-state index contributed by atoms with van der Waals surface area (Å²) in [5, 5.41) is 8.67. The van der Waals surface area contributed by atoms with Gasteiger partial charge in [-0.3, -0.25) is 4.79 Å². The van der Waals surface area contributed by atoms with Gasteiger partial charge in [0.05, 0.1) is 13.5 Å². The molecule has 1 N–H and O–H groups in total. The highest BCUT2D eigenvalue weighted by molar-refractivity contribution is 5.70. The van der Waals surface area contributed by atoms with Crippen LogP contribution >= 0.6 is 0 Å². The SMILES string of the molecule is COc1ccc(F)cc1-c1ncoc1CCC(=O)O. The summed E-state index contributed by atoms with van der Waals surface area (Å²) < 4.78 is 23.6. The lowest BCUT2D eigenvalue weighted by Gasteiger charge is -2.07. The fourth-order valence-corrected chi connectivity index (χ4v) is 1.75. The fourth-order valence-electron chi connectivity index (χ4n) is 1.75. The number of hydrogen-bond donors (Lipinski definition) is 1. The van der Waals surface area contributed by atoms with Crippen molar-refractivity contribution in [3.05, 3.63) is 36.2 Å². The largest absolute Gasteiger partial charge is 0.496 e. The summed E-state index contributed by atoms with van der Waals surface area (Å²) in [5.74, 6) is -0.519. The Balaban J connectivity index is 2.39. The van der Waals surface area contributed by atoms with Gasteiger partial charge >= 0.3 is 5.97 Å². The van der Waals surface area contributed by atoms with Crippen molar-refractivity contribution in [2.45, 2.75) is 12.8 Å². The molecule has 0 aliphatic rings. The molecule has 0 aliphatic heterocycles. The molecule has 0 fully saturated rings. The van der Waals surface area contributed by atoms with E-state index < -0.39 is 11.8 Å². The zero-order chi connectivity index (χ0) is 13.8. The fraction of sp³-hybridized carbons (Fsp3) is 0.231. The highest BCUT2D eigenvalue weighted by atomic mass is 19.1. The number of halogens is 1. The number of methoxy groups -OCH3 is 1. The molecule has 0 radical (unpaired) electrons. The first-order valence-electron chi connectivity index (χ1n) is 5.60. The number of aliphatic carboxylic acids is 1. The smallest absolute Gasteiger partial charge is 0.303 e. The van der Waals surface area contributed by atoms with Crippen molar-refractivity contribution < 1.29 is 23.4 Å². The van der Waals surface area contributed by atoms with Crippen LogP contribution in [0.1, 0.15) is 12.2 Å². The molecule has 19 heavy (non-hydrogen) atoms. The molecular formula is C13H12FNO4. The lowest BCUT2D eigenvalue weighted by Crippen LogP contribution is -1.98. The number of carboxylic acids is 1. The van der Waals surface area contributed by atoms with Crippen LogP contribution in [0.15, 0.2) is 29.0 Å². The molecule has 1 heterocycles. The second-order valence-corrected chi connectivity index (χ2v) is 3.86. The summed E-state index contributed by atoms with van der Waals surface area (Å²) in [5.41, 5.74) is 0.842. The molecule has 5 nitrogen and oxygen atoms in total. The van der Waals surface area contributed by atoms with Crippen molar-refractivity contribution in [2.75, 3.05) is 7.11 Å². The first kappa shape index (κ1) is 13.1. The van der Waals surface area contributed by atoms with Gasteiger partial charge in [-0.25, -0.2) is 9.37 Å². The molecule has 0 saturated carbocycles. The number of aryl methyl sites for hydroxylation is 1. The minimum atomic E-state index is -0.937. The van der Waals surface area contributed by atoms with Gasteiger partial charge in [-0.2, -0.15) is 0 Å². The molecule has 0 aliphatic carbocycles. The van der Waals surface area contributed by atoms with Crippen LogP contribution in [0.25, 0.3) is 11.3 Å². The van der Waals surface area contributed by atoms with E-state index in [1.807, 2.05) is 0 Å². The maximum Gasteiger partial charge on any atom is 0.303 e. The Morgan fingerprint density at radius 2 is 2.32 bits per heavy atom. The first-order valence-corrected chi connectivity index (χ1v) is 5.60. The topological polar surface area (TPSA) is 72.6 Å². The predicted octanol–water partition coefficient (Wildman–Crippen LogP) is 2.51. The van der Waals surface area contributed by atoms with Gasteiger partial charge in [-0.15, -0.1) is 0 Å². The van der Waals surface area contributed by atoms with Crippen LogP contribution in [0.3, 0.4) is 0 Å². The van der Waals surface area contributed by atoms with E-state index in [0.29, 0.717) is 22.8 Å². The molecule has 1 aromatic heterocycles. The van der Waals surface area contributed by atoms with Crippen molar-refractivity contribution in [2.24, 2.45) is 0 Å². The summed E-state index contributed by atoms with van der Waals surface area (Å²) in [6.45, 7) is 0. The number of hydrogen-bond acceptors (Lipinski definition) is 4. The predicted molar refractivity (Wildman–Crippen MR) is 64.4 cm³/mol. The van der Waals surface area contributed by atoms with Gasteiger partial charge in [0.1, 0.15) is 23.0 Å². The second kappa shape index (κ2) is 5.51. The number of nitrogens with zero attached hydrogens (tertiary/aromatic N) is 1. The summed E-state index contributed by atoms with van der Waals surface area (Å²) in [4.78, 5) is 14.6. The number of aromatic nitrogens is 1. The van der Waals surface area contributed by atoms with E-state index in [1.165, 1.54) is 31.7 Å². The molecule has 0 spiro atoms. The Labute approximate surface area is 108 Å². The quantitative estimate of drug-likeness (QED) is 0.899. The van der Waals surface area contributed by atoms with E-state index in [1.54, 1.807) is 0 Å². The minimum Gasteiger partial charge on any atom is -0.496 e. The van der Waals surface area contributed by atoms with E-state index in [-0.39, 0.29) is 12.8 Å². The third kappa shape index (κ3) is 2.90. The Morgan fingerprint density at radius 3 is 3.00 bits per heavy atom. The lowest BCUT2D eigenvalue weighted by atomic mass is 10.1. The number of carbonyl (C=O) groups is 1. The van der Waals surface area contributed by atoms with Gasteiger partial charge in [0.15, 0.2) is 6.39 Å². The number of carboxylic acid groups (broad SMARTS) is 1. The van der Waals surface area contributed by atoms with Crippen molar-refractivity contribution in [1.82, 2.24) is 4.98 Å². The molecule has 0 atom stereocenters. The lowest BCUT2D eigenvalue weighted by molar-refractivity contribution is -0.137. The van der Waals surface area contributed by atoms with Crippen LogP contribution in [0.5, 0.6) is 5.75 Å². The number of ether oxygens (including phenoxy) is 1. The van der Waals surface area contributed by atoms with Gasteiger partial charge in [0.2, 0.25) is 0 Å². The van der Waals surface area contributed by atoms with Crippen molar-refractivity contribution in [3.8, 4) is 17.0 Å². The van der Waals surface area contributed by atoms with Gasteiger partial charge in [0.25, 0.3) is 0 Å². The molecular weight excluding hydrogens is 253 g/mol. The molecule has 0 amide bonds. The zero-order valence-electron chi connectivity index (χ0n) is 10.2. The standard InChI is InChI=1S/C13H12FNO4/c1-18-10-3-2-8(14)6-9(10)13-11(19-7-15-13)4-5-12(16)17/h2-3,6-7H,4-5H2,1H3,(H,16,17). The molecule has 0 saturated heterocycles. The van der Waals surface area contributed by atoms with Crippen LogP contribution in [-0.2, 0) is 11.2 Å². The first-order chi connectivity index (χ1) is 9.11. The Bertz CT molecular complexity index is 594.